The Morgan fingerprint density at radius 2 is 1.60 bits per heavy atom. The molecule has 4 atom stereocenters. The van der Waals surface area contributed by atoms with Crippen LogP contribution in [0, 0.1) is 23.2 Å². The van der Waals surface area contributed by atoms with Gasteiger partial charge in [0.1, 0.15) is 24.7 Å². The van der Waals surface area contributed by atoms with Crippen molar-refractivity contribution in [3.05, 3.63) is 83.9 Å². The first-order chi connectivity index (χ1) is 24.8. The monoisotopic (exact) mass is 715 g/mol. The fourth-order valence-corrected chi connectivity index (χ4v) is 7.23. The predicted octanol–water partition coefficient (Wildman–Crippen LogP) is 6.08. The molecule has 0 spiro atoms. The number of alkyl halides is 2. The normalized spacial score (nSPS) is 19.8. The van der Waals surface area contributed by atoms with Crippen molar-refractivity contribution in [1.82, 2.24) is 21.3 Å². The third-order valence-corrected chi connectivity index (χ3v) is 10.0. The molecule has 1 saturated heterocycles. The van der Waals surface area contributed by atoms with Crippen molar-refractivity contribution in [2.45, 2.75) is 108 Å². The lowest BCUT2D eigenvalue weighted by molar-refractivity contribution is -0.130. The van der Waals surface area contributed by atoms with Crippen molar-refractivity contribution in [3.8, 4) is 6.07 Å². The molecule has 52 heavy (non-hydrogen) atoms. The van der Waals surface area contributed by atoms with Crippen LogP contribution in [0.5, 0.6) is 0 Å². The van der Waals surface area contributed by atoms with Crippen LogP contribution < -0.4 is 21.3 Å². The molecule has 276 valence electrons. The molecule has 5 rings (SSSR count). The van der Waals surface area contributed by atoms with Crippen LogP contribution in [0.1, 0.15) is 76.3 Å². The molecule has 2 fully saturated rings. The Bertz CT molecular complexity index is 1760. The summed E-state index contributed by atoms with van der Waals surface area (Å²) in [7, 11) is 0. The molecule has 10 nitrogen and oxygen atoms in total. The van der Waals surface area contributed by atoms with Gasteiger partial charge < -0.3 is 26.0 Å². The number of carbonyl (C=O) groups excluding carboxylic acids is 4. The molecule has 0 radical (unpaired) electrons. The lowest BCUT2D eigenvalue weighted by Crippen LogP contribution is -2.55. The molecule has 4 amide bonds. The van der Waals surface area contributed by atoms with E-state index in [0.29, 0.717) is 25.7 Å². The number of benzene rings is 3. The molecule has 2 aliphatic rings. The number of halogens is 2. The number of nitrogens with one attached hydrogen (secondary N) is 4. The molecule has 0 aromatic heterocycles. The second kappa shape index (κ2) is 17.0. The number of nitriles is 1. The van der Waals surface area contributed by atoms with Gasteiger partial charge in [-0.1, -0.05) is 72.8 Å². The minimum atomic E-state index is -2.71. The fourth-order valence-electron chi connectivity index (χ4n) is 7.23. The number of hydrogen-bond acceptors (Lipinski definition) is 6. The van der Waals surface area contributed by atoms with Gasteiger partial charge in [-0.05, 0) is 80.2 Å². The lowest BCUT2D eigenvalue weighted by Gasteiger charge is -2.30. The van der Waals surface area contributed by atoms with Gasteiger partial charge in [-0.3, -0.25) is 14.4 Å². The van der Waals surface area contributed by atoms with Crippen LogP contribution in [0.4, 0.5) is 13.6 Å². The third-order valence-electron chi connectivity index (χ3n) is 10.0. The van der Waals surface area contributed by atoms with E-state index in [0.717, 1.165) is 21.9 Å². The number of nitrogens with zero attached hydrogens (tertiary/aromatic N) is 1. The van der Waals surface area contributed by atoms with Gasteiger partial charge in [-0.2, -0.15) is 5.26 Å². The maximum Gasteiger partial charge on any atom is 0.408 e. The second-order valence-corrected chi connectivity index (χ2v) is 14.7. The van der Waals surface area contributed by atoms with Gasteiger partial charge in [-0.15, -0.1) is 0 Å². The fraction of sp³-hybridized carbons (Fsp3) is 0.475. The van der Waals surface area contributed by atoms with E-state index in [1.165, 1.54) is 0 Å². The molecule has 1 aliphatic carbocycles. The van der Waals surface area contributed by atoms with E-state index in [-0.39, 0.29) is 50.5 Å². The molecule has 3 aromatic rings. The van der Waals surface area contributed by atoms with E-state index in [1.54, 1.807) is 12.1 Å². The molecule has 0 bridgehead atoms. The quantitative estimate of drug-likeness (QED) is 0.159. The number of amides is 4. The van der Waals surface area contributed by atoms with Crippen LogP contribution in [0.15, 0.2) is 72.8 Å². The van der Waals surface area contributed by atoms with Crippen molar-refractivity contribution >= 4 is 34.6 Å². The molecule has 1 unspecified atom stereocenters. The zero-order valence-corrected chi connectivity index (χ0v) is 29.6. The standard InChI is InChI=1S/C40H47F2N5O5/c1-39(2)23-30(35(48)47-39)21-31(24-43)44-36(49)33(16-15-26-17-19-40(41,42)20-18-26)45-37(50)34(46-38(51)52-25-27-9-4-3-5-10-27)22-29-13-8-12-28-11-6-7-14-32(28)29/h3-14,26,30-31,33-34H,15-23,25H2,1-2H3,(H,44,49)(H,45,50)(H,46,51)(H,47,48)/t30-,31+,33?,34+/m1/s1. The zero-order valence-electron chi connectivity index (χ0n) is 29.6. The Morgan fingerprint density at radius 1 is 0.923 bits per heavy atom. The number of rotatable bonds is 14. The van der Waals surface area contributed by atoms with Gasteiger partial charge in [0.15, 0.2) is 0 Å². The Kier molecular flexibility index (Phi) is 12.5. The number of ether oxygens (including phenoxy) is 1. The van der Waals surface area contributed by atoms with Crippen LogP contribution in [0.3, 0.4) is 0 Å². The van der Waals surface area contributed by atoms with E-state index in [4.69, 9.17) is 4.74 Å². The van der Waals surface area contributed by atoms with Gasteiger partial charge in [0.25, 0.3) is 0 Å². The molecule has 12 heteroatoms. The van der Waals surface area contributed by atoms with Gasteiger partial charge in [0.2, 0.25) is 23.6 Å². The topological polar surface area (TPSA) is 149 Å². The SMILES string of the molecule is CC1(C)C[C@@H](C[C@@H](C#N)NC(=O)C(CCC2CCC(F)(F)CC2)NC(=O)[C@H](Cc2cccc3ccccc23)NC(=O)OCc2ccccc2)C(=O)N1. The highest BCUT2D eigenvalue weighted by molar-refractivity contribution is 5.93. The molecular weight excluding hydrogens is 668 g/mol. The summed E-state index contributed by atoms with van der Waals surface area (Å²) in [5.41, 5.74) is 1.11. The highest BCUT2D eigenvalue weighted by Gasteiger charge is 2.39. The van der Waals surface area contributed by atoms with Crippen LogP contribution >= 0.6 is 0 Å². The largest absolute Gasteiger partial charge is 0.445 e. The van der Waals surface area contributed by atoms with E-state index in [1.807, 2.05) is 74.5 Å². The summed E-state index contributed by atoms with van der Waals surface area (Å²) in [6.45, 7) is 3.75. The molecule has 1 saturated carbocycles. The predicted molar refractivity (Wildman–Crippen MR) is 192 cm³/mol. The molecule has 1 aliphatic heterocycles. The maximum atomic E-state index is 14.1. The summed E-state index contributed by atoms with van der Waals surface area (Å²) in [6.07, 6.45) is 0.473. The summed E-state index contributed by atoms with van der Waals surface area (Å²) in [5.74, 6) is -4.73. The smallest absolute Gasteiger partial charge is 0.408 e. The summed E-state index contributed by atoms with van der Waals surface area (Å²) >= 11 is 0. The molecular formula is C40H47F2N5O5. The summed E-state index contributed by atoms with van der Waals surface area (Å²) in [6, 6.07) is 21.2. The minimum absolute atomic E-state index is 0.0213. The Morgan fingerprint density at radius 3 is 2.29 bits per heavy atom. The van der Waals surface area contributed by atoms with Crippen LogP contribution in [0.25, 0.3) is 10.8 Å². The van der Waals surface area contributed by atoms with Gasteiger partial charge in [-0.25, -0.2) is 13.6 Å². The average molecular weight is 716 g/mol. The highest BCUT2D eigenvalue weighted by Crippen LogP contribution is 2.38. The van der Waals surface area contributed by atoms with Gasteiger partial charge in [0, 0.05) is 30.7 Å². The maximum absolute atomic E-state index is 14.1. The first kappa shape index (κ1) is 38.2. The Hall–Kier alpha value is -5.05. The minimum Gasteiger partial charge on any atom is -0.445 e. The zero-order chi connectivity index (χ0) is 37.3. The van der Waals surface area contributed by atoms with Crippen LogP contribution in [-0.4, -0.2) is 53.4 Å². The number of fused-ring (bicyclic) bond motifs is 1. The summed E-state index contributed by atoms with van der Waals surface area (Å²) in [4.78, 5) is 53.6. The average Bonchev–Trinajstić information content (AvgIpc) is 3.39. The molecule has 3 aromatic carbocycles. The third kappa shape index (κ3) is 10.7. The van der Waals surface area contributed by atoms with E-state index >= 15 is 0 Å². The van der Waals surface area contributed by atoms with Crippen LogP contribution in [-0.2, 0) is 32.1 Å². The van der Waals surface area contributed by atoms with Crippen LogP contribution in [0.2, 0.25) is 0 Å². The second-order valence-electron chi connectivity index (χ2n) is 14.7. The van der Waals surface area contributed by atoms with E-state index in [9.17, 15) is 33.2 Å². The first-order valence-corrected chi connectivity index (χ1v) is 17.9. The van der Waals surface area contributed by atoms with E-state index in [2.05, 4.69) is 27.3 Å². The Balaban J connectivity index is 1.34. The highest BCUT2D eigenvalue weighted by atomic mass is 19.3. The van der Waals surface area contributed by atoms with Crippen molar-refractivity contribution in [2.24, 2.45) is 11.8 Å². The molecule has 1 heterocycles. The van der Waals surface area contributed by atoms with E-state index < -0.39 is 53.4 Å². The first-order valence-electron chi connectivity index (χ1n) is 17.9. The lowest BCUT2D eigenvalue weighted by atomic mass is 9.83. The van der Waals surface area contributed by atoms with Crippen molar-refractivity contribution in [1.29, 1.82) is 5.26 Å². The Labute approximate surface area is 303 Å². The number of hydrogen-bond donors (Lipinski definition) is 4. The van der Waals surface area contributed by atoms with Gasteiger partial charge in [0.05, 0.1) is 6.07 Å². The summed E-state index contributed by atoms with van der Waals surface area (Å²) in [5, 5.41) is 22.9. The van der Waals surface area contributed by atoms with Crippen molar-refractivity contribution in [3.63, 3.8) is 0 Å². The number of carbonyl (C=O) groups is 4. The van der Waals surface area contributed by atoms with Crippen molar-refractivity contribution < 1.29 is 32.7 Å². The molecule has 4 N–H and O–H groups in total. The van der Waals surface area contributed by atoms with Crippen molar-refractivity contribution in [2.75, 3.05) is 0 Å². The summed E-state index contributed by atoms with van der Waals surface area (Å²) < 4.78 is 33.2. The van der Waals surface area contributed by atoms with Gasteiger partial charge >= 0.3 is 6.09 Å². The number of alkyl carbamates (subject to hydrolysis) is 1.